The lowest BCUT2D eigenvalue weighted by atomic mass is 10.0. The Bertz CT molecular complexity index is 1950. The van der Waals surface area contributed by atoms with Gasteiger partial charge in [0.05, 0.1) is 22.5 Å². The minimum Gasteiger partial charge on any atom is -0.459 e. The number of benzene rings is 1. The van der Waals surface area contributed by atoms with Crippen LogP contribution in [-0.2, 0) is 27.4 Å². The van der Waals surface area contributed by atoms with Gasteiger partial charge >= 0.3 is 5.97 Å². The van der Waals surface area contributed by atoms with E-state index in [1.165, 1.54) is 45.4 Å². The number of nitrogens with zero attached hydrogens (tertiary/aromatic N) is 5. The molecule has 1 aliphatic heterocycles. The molecule has 0 saturated heterocycles. The molecule has 0 unspecified atom stereocenters. The fraction of sp³-hybridized carbons (Fsp3) is 0.233. The number of carbonyl (C=O) groups excluding carboxylic acids is 1. The van der Waals surface area contributed by atoms with Crippen molar-refractivity contribution in [2.24, 2.45) is 8.73 Å². The van der Waals surface area contributed by atoms with Crippen LogP contribution in [0.3, 0.4) is 0 Å². The quantitative estimate of drug-likeness (QED) is 0.168. The van der Waals surface area contributed by atoms with Crippen molar-refractivity contribution in [3.05, 3.63) is 58.3 Å². The normalized spacial score (nSPS) is 12.7. The SMILES string of the molecule is Cc1ccc(-c2ccc(-c3c4c(c(-c5ccc(-c6ccc(C)s6)s5)c5nn(CC(=O)OC(C)(C)C)nc35)N=S=N4)s2)s1. The van der Waals surface area contributed by atoms with Crippen molar-refractivity contribution in [3.8, 4) is 40.4 Å². The Labute approximate surface area is 262 Å². The van der Waals surface area contributed by atoms with Crippen LogP contribution in [0.2, 0.25) is 0 Å². The Morgan fingerprint density at radius 2 is 1.12 bits per heavy atom. The Morgan fingerprint density at radius 1 is 0.690 bits per heavy atom. The summed E-state index contributed by atoms with van der Waals surface area (Å²) in [6, 6.07) is 17.2. The summed E-state index contributed by atoms with van der Waals surface area (Å²) in [6.45, 7) is 9.71. The summed E-state index contributed by atoms with van der Waals surface area (Å²) in [5.74, 6) is -0.388. The number of esters is 1. The zero-order chi connectivity index (χ0) is 29.2. The van der Waals surface area contributed by atoms with Gasteiger partial charge in [-0.15, -0.1) is 45.3 Å². The molecular formula is C30H25N5O2S5. The highest BCUT2D eigenvalue weighted by molar-refractivity contribution is 7.58. The van der Waals surface area contributed by atoms with Gasteiger partial charge in [-0.2, -0.15) is 23.7 Å². The zero-order valence-corrected chi connectivity index (χ0v) is 27.5. The standard InChI is InChI=1S/C30H25N5O2S5/c1-15-6-8-17(38-15)19-10-12-21(40-19)24-26-27(32-35(31-26)14-23(36)37-30(3,4)5)25(29-28(24)33-42-34-29)22-13-11-20(41-22)18-9-7-16(2)39-18/h6-13H,14H2,1-5H3. The van der Waals surface area contributed by atoms with Crippen molar-refractivity contribution in [3.63, 3.8) is 0 Å². The Balaban J connectivity index is 1.41. The number of hydrogen-bond donors (Lipinski definition) is 0. The Morgan fingerprint density at radius 3 is 1.55 bits per heavy atom. The van der Waals surface area contributed by atoms with E-state index in [1.54, 1.807) is 45.3 Å². The second kappa shape index (κ2) is 10.5. The molecule has 0 atom stereocenters. The summed E-state index contributed by atoms with van der Waals surface area (Å²) in [5, 5.41) is 9.77. The first-order valence-electron chi connectivity index (χ1n) is 13.2. The molecule has 7 rings (SSSR count). The average molecular weight is 648 g/mol. The first-order chi connectivity index (χ1) is 20.1. The van der Waals surface area contributed by atoms with E-state index in [4.69, 9.17) is 23.7 Å². The molecule has 0 saturated carbocycles. The third kappa shape index (κ3) is 5.11. The monoisotopic (exact) mass is 647 g/mol. The predicted octanol–water partition coefficient (Wildman–Crippen LogP) is 10.0. The summed E-state index contributed by atoms with van der Waals surface area (Å²) in [7, 11) is 0. The Hall–Kier alpha value is -3.29. The molecule has 5 aromatic heterocycles. The van der Waals surface area contributed by atoms with E-state index in [0.717, 1.165) is 32.3 Å². The summed E-state index contributed by atoms with van der Waals surface area (Å²) >= 11 is 8.16. The molecule has 212 valence electrons. The van der Waals surface area contributed by atoms with Gasteiger partial charge in [-0.1, -0.05) is 0 Å². The lowest BCUT2D eigenvalue weighted by Gasteiger charge is -2.18. The van der Waals surface area contributed by atoms with Gasteiger partial charge in [-0.25, -0.2) is 4.79 Å². The van der Waals surface area contributed by atoms with Crippen LogP contribution in [0.25, 0.3) is 51.4 Å². The topological polar surface area (TPSA) is 81.7 Å². The van der Waals surface area contributed by atoms with Crippen LogP contribution in [-0.4, -0.2) is 26.6 Å². The van der Waals surface area contributed by atoms with Crippen LogP contribution < -0.4 is 0 Å². The van der Waals surface area contributed by atoms with Crippen molar-refractivity contribution < 1.29 is 9.53 Å². The number of rotatable bonds is 6. The molecule has 0 spiro atoms. The first kappa shape index (κ1) is 27.5. The summed E-state index contributed by atoms with van der Waals surface area (Å²) < 4.78 is 15.1. The lowest BCUT2D eigenvalue weighted by Crippen LogP contribution is -2.27. The van der Waals surface area contributed by atoms with Crippen LogP contribution >= 0.6 is 45.3 Å². The number of aryl methyl sites for hydroxylation is 2. The van der Waals surface area contributed by atoms with Gasteiger partial charge < -0.3 is 4.74 Å². The van der Waals surface area contributed by atoms with Gasteiger partial charge in [-0.05, 0) is 83.1 Å². The van der Waals surface area contributed by atoms with Gasteiger partial charge in [0, 0.05) is 39.0 Å². The van der Waals surface area contributed by atoms with Crippen molar-refractivity contribution in [1.29, 1.82) is 0 Å². The van der Waals surface area contributed by atoms with E-state index in [0.29, 0.717) is 11.0 Å². The molecule has 42 heavy (non-hydrogen) atoms. The Kier molecular flexibility index (Phi) is 6.86. The van der Waals surface area contributed by atoms with Crippen LogP contribution in [0.15, 0.2) is 57.3 Å². The number of hydrogen-bond acceptors (Lipinski definition) is 10. The lowest BCUT2D eigenvalue weighted by molar-refractivity contribution is -0.156. The van der Waals surface area contributed by atoms with E-state index in [1.807, 2.05) is 20.8 Å². The molecule has 0 bridgehead atoms. The fourth-order valence-corrected chi connectivity index (χ4v) is 9.38. The molecule has 1 aromatic carbocycles. The highest BCUT2D eigenvalue weighted by atomic mass is 32.1. The zero-order valence-electron chi connectivity index (χ0n) is 23.4. The van der Waals surface area contributed by atoms with E-state index in [-0.39, 0.29) is 12.5 Å². The highest BCUT2D eigenvalue weighted by Crippen LogP contribution is 2.54. The van der Waals surface area contributed by atoms with Gasteiger partial charge in [-0.3, -0.25) is 0 Å². The van der Waals surface area contributed by atoms with Crippen molar-refractivity contribution in [2.75, 3.05) is 0 Å². The maximum Gasteiger partial charge on any atom is 0.330 e. The minimum atomic E-state index is -0.600. The highest BCUT2D eigenvalue weighted by Gasteiger charge is 2.29. The van der Waals surface area contributed by atoms with Crippen LogP contribution in [0, 0.1) is 13.8 Å². The smallest absolute Gasteiger partial charge is 0.330 e. The third-order valence-corrected chi connectivity index (χ3v) is 11.6. The molecule has 12 heteroatoms. The molecule has 0 amide bonds. The molecule has 0 N–H and O–H groups in total. The van der Waals surface area contributed by atoms with Crippen LogP contribution in [0.5, 0.6) is 0 Å². The van der Waals surface area contributed by atoms with E-state index in [9.17, 15) is 4.79 Å². The molecule has 0 radical (unpaired) electrons. The molecule has 6 aromatic rings. The predicted molar refractivity (Wildman–Crippen MR) is 178 cm³/mol. The van der Waals surface area contributed by atoms with Gasteiger partial charge in [0.2, 0.25) is 0 Å². The van der Waals surface area contributed by atoms with Crippen molar-refractivity contribution in [1.82, 2.24) is 15.0 Å². The van der Waals surface area contributed by atoms with Crippen LogP contribution in [0.1, 0.15) is 30.5 Å². The molecule has 7 nitrogen and oxygen atoms in total. The fourth-order valence-electron chi connectivity index (χ4n) is 4.80. The van der Waals surface area contributed by atoms with Crippen molar-refractivity contribution in [2.45, 2.75) is 46.8 Å². The molecule has 6 heterocycles. The van der Waals surface area contributed by atoms with Gasteiger partial charge in [0.15, 0.2) is 6.54 Å². The molecule has 0 fully saturated rings. The molecule has 1 aliphatic rings. The second-order valence-electron chi connectivity index (χ2n) is 10.9. The van der Waals surface area contributed by atoms with Crippen LogP contribution in [0.4, 0.5) is 11.4 Å². The summed E-state index contributed by atoms with van der Waals surface area (Å²) in [4.78, 5) is 23.7. The average Bonchev–Trinajstić information content (AvgIpc) is 3.74. The number of carbonyl (C=O) groups is 1. The van der Waals surface area contributed by atoms with E-state index in [2.05, 4.69) is 62.4 Å². The minimum absolute atomic E-state index is 0.0904. The number of thiophene rings is 4. The van der Waals surface area contributed by atoms with Gasteiger partial charge in [0.1, 0.15) is 28.0 Å². The number of fused-ring (bicyclic) bond motifs is 2. The van der Waals surface area contributed by atoms with E-state index < -0.39 is 5.60 Å². The van der Waals surface area contributed by atoms with Gasteiger partial charge in [0.25, 0.3) is 0 Å². The molecule has 0 aliphatic carbocycles. The maximum atomic E-state index is 12.8. The first-order valence-corrected chi connectivity index (χ1v) is 17.2. The third-order valence-electron chi connectivity index (χ3n) is 6.45. The second-order valence-corrected chi connectivity index (χ2v) is 16.1. The maximum absolute atomic E-state index is 12.8. The number of aromatic nitrogens is 3. The largest absolute Gasteiger partial charge is 0.459 e. The van der Waals surface area contributed by atoms with Crippen molar-refractivity contribution >= 4 is 85.1 Å². The van der Waals surface area contributed by atoms with E-state index >= 15 is 0 Å². The summed E-state index contributed by atoms with van der Waals surface area (Å²) in [6.07, 6.45) is 0. The molecular weight excluding hydrogens is 623 g/mol. The number of ether oxygens (including phenoxy) is 1. The summed E-state index contributed by atoms with van der Waals surface area (Å²) in [5.41, 5.74) is 4.18.